The molecule has 0 bridgehead atoms. The normalized spacial score (nSPS) is 18.5. The van der Waals surface area contributed by atoms with Crippen molar-refractivity contribution in [2.45, 2.75) is 64.3 Å². The minimum Gasteiger partial charge on any atom is -0.331 e. The van der Waals surface area contributed by atoms with Gasteiger partial charge >= 0.3 is 6.03 Å². The fourth-order valence-electron chi connectivity index (χ4n) is 3.49. The highest BCUT2D eigenvalue weighted by Gasteiger charge is 2.14. The second kappa shape index (κ2) is 6.99. The lowest BCUT2D eigenvalue weighted by molar-refractivity contribution is 0.241. The molecule has 0 spiro atoms. The van der Waals surface area contributed by atoms with E-state index in [1.807, 2.05) is 13.1 Å². The number of urea groups is 1. The van der Waals surface area contributed by atoms with Crippen molar-refractivity contribution < 1.29 is 4.79 Å². The summed E-state index contributed by atoms with van der Waals surface area (Å²) in [6.45, 7) is 2.05. The van der Waals surface area contributed by atoms with Gasteiger partial charge in [0, 0.05) is 6.20 Å². The lowest BCUT2D eigenvalue weighted by Gasteiger charge is -2.20. The van der Waals surface area contributed by atoms with Crippen molar-refractivity contribution in [2.24, 2.45) is 0 Å². The maximum atomic E-state index is 12.0. The number of nitrogens with one attached hydrogen (secondary N) is 2. The van der Waals surface area contributed by atoms with Gasteiger partial charge in [-0.15, -0.1) is 0 Å². The lowest BCUT2D eigenvalue weighted by Crippen LogP contribution is -2.34. The van der Waals surface area contributed by atoms with E-state index >= 15 is 0 Å². The highest BCUT2D eigenvalue weighted by molar-refractivity contribution is 5.75. The standard InChI is InChI=1S/C19H26N2O/c1-14(21-19(22)20-13-15-6-2-3-7-15)17-11-10-16-8-4-5-9-18(16)12-17/h10-14H,2-9H2,1H3,(H2,20,21,22). The third kappa shape index (κ3) is 3.70. The van der Waals surface area contributed by atoms with E-state index < -0.39 is 0 Å². The number of benzene rings is 1. The molecule has 1 unspecified atom stereocenters. The number of allylic oxidation sites excluding steroid dienone is 1. The van der Waals surface area contributed by atoms with E-state index in [0.717, 1.165) is 12.8 Å². The Labute approximate surface area is 133 Å². The Balaban J connectivity index is 1.57. The number of hydrogen-bond donors (Lipinski definition) is 2. The van der Waals surface area contributed by atoms with Crippen LogP contribution >= 0.6 is 0 Å². The van der Waals surface area contributed by atoms with Crippen molar-refractivity contribution >= 4 is 6.03 Å². The largest absolute Gasteiger partial charge is 0.331 e. The van der Waals surface area contributed by atoms with E-state index in [1.165, 1.54) is 60.8 Å². The summed E-state index contributed by atoms with van der Waals surface area (Å²) in [4.78, 5) is 12.0. The minimum absolute atomic E-state index is 0.0363. The van der Waals surface area contributed by atoms with E-state index in [-0.39, 0.29) is 12.1 Å². The molecule has 22 heavy (non-hydrogen) atoms. The molecule has 0 aliphatic heterocycles. The van der Waals surface area contributed by atoms with E-state index in [0.29, 0.717) is 0 Å². The molecule has 3 nitrogen and oxygen atoms in total. The van der Waals surface area contributed by atoms with Crippen molar-refractivity contribution in [2.75, 3.05) is 0 Å². The van der Waals surface area contributed by atoms with E-state index in [4.69, 9.17) is 0 Å². The van der Waals surface area contributed by atoms with Gasteiger partial charge in [0.25, 0.3) is 0 Å². The third-order valence-electron chi connectivity index (χ3n) is 4.87. The SMILES string of the molecule is CC(NC(=O)NC=C1CCCC1)c1ccc2c(c1)CCCC2. The van der Waals surface area contributed by atoms with Gasteiger partial charge in [0.15, 0.2) is 0 Å². The molecule has 2 aliphatic rings. The number of aryl methyl sites for hydroxylation is 2. The van der Waals surface area contributed by atoms with Gasteiger partial charge in [-0.1, -0.05) is 23.8 Å². The molecule has 2 N–H and O–H groups in total. The Morgan fingerprint density at radius 3 is 2.50 bits per heavy atom. The number of carbonyl (C=O) groups excluding carboxylic acids is 1. The summed E-state index contributed by atoms with van der Waals surface area (Å²) in [6, 6.07) is 6.60. The van der Waals surface area contributed by atoms with Gasteiger partial charge in [-0.2, -0.15) is 0 Å². The number of fused-ring (bicyclic) bond motifs is 1. The van der Waals surface area contributed by atoms with Crippen molar-refractivity contribution in [3.63, 3.8) is 0 Å². The molecule has 2 aliphatic carbocycles. The van der Waals surface area contributed by atoms with Gasteiger partial charge in [-0.3, -0.25) is 0 Å². The van der Waals surface area contributed by atoms with Gasteiger partial charge in [-0.25, -0.2) is 4.79 Å². The average molecular weight is 298 g/mol. The fourth-order valence-corrected chi connectivity index (χ4v) is 3.49. The minimum atomic E-state index is -0.107. The van der Waals surface area contributed by atoms with Crippen molar-refractivity contribution in [1.29, 1.82) is 0 Å². The maximum absolute atomic E-state index is 12.0. The molecular formula is C19H26N2O. The van der Waals surface area contributed by atoms with Crippen LogP contribution in [0.15, 0.2) is 30.0 Å². The highest BCUT2D eigenvalue weighted by Crippen LogP contribution is 2.25. The third-order valence-corrected chi connectivity index (χ3v) is 4.87. The number of carbonyl (C=O) groups is 1. The van der Waals surface area contributed by atoms with Gasteiger partial charge in [-0.05, 0) is 75.0 Å². The first-order chi connectivity index (χ1) is 10.7. The summed E-state index contributed by atoms with van der Waals surface area (Å²) in [5, 5.41) is 5.91. The quantitative estimate of drug-likeness (QED) is 0.854. The fraction of sp³-hybridized carbons (Fsp3) is 0.526. The molecule has 2 amide bonds. The summed E-state index contributed by atoms with van der Waals surface area (Å²) in [6.07, 6.45) is 11.6. The average Bonchev–Trinajstić information content (AvgIpc) is 3.06. The molecule has 1 atom stereocenters. The first-order valence-electron chi connectivity index (χ1n) is 8.59. The van der Waals surface area contributed by atoms with Crippen LogP contribution in [0.2, 0.25) is 0 Å². The molecule has 0 aromatic heterocycles. The zero-order valence-corrected chi connectivity index (χ0v) is 13.5. The summed E-state index contributed by atoms with van der Waals surface area (Å²) < 4.78 is 0. The molecule has 118 valence electrons. The Kier molecular flexibility index (Phi) is 4.81. The molecule has 0 saturated heterocycles. The molecule has 1 saturated carbocycles. The molecule has 1 aromatic carbocycles. The lowest BCUT2D eigenvalue weighted by atomic mass is 9.89. The van der Waals surface area contributed by atoms with Crippen LogP contribution in [0.3, 0.4) is 0 Å². The molecule has 3 heteroatoms. The van der Waals surface area contributed by atoms with Crippen molar-refractivity contribution in [3.05, 3.63) is 46.7 Å². The predicted octanol–water partition coefficient (Wildman–Crippen LogP) is 4.38. The van der Waals surface area contributed by atoms with Crippen LogP contribution in [0.5, 0.6) is 0 Å². The topological polar surface area (TPSA) is 41.1 Å². The molecule has 1 fully saturated rings. The van der Waals surface area contributed by atoms with E-state index in [9.17, 15) is 4.79 Å². The van der Waals surface area contributed by atoms with Gasteiger partial charge in [0.2, 0.25) is 0 Å². The molecule has 0 heterocycles. The number of hydrogen-bond acceptors (Lipinski definition) is 1. The first kappa shape index (κ1) is 15.1. The summed E-state index contributed by atoms with van der Waals surface area (Å²) in [5.41, 5.74) is 5.50. The summed E-state index contributed by atoms with van der Waals surface area (Å²) in [7, 11) is 0. The summed E-state index contributed by atoms with van der Waals surface area (Å²) in [5.74, 6) is 0. The van der Waals surface area contributed by atoms with Crippen LogP contribution in [-0.2, 0) is 12.8 Å². The smallest absolute Gasteiger partial charge is 0.319 e. The van der Waals surface area contributed by atoms with Crippen LogP contribution in [0.4, 0.5) is 4.79 Å². The zero-order chi connectivity index (χ0) is 15.4. The Bertz CT molecular complexity index is 569. The van der Waals surface area contributed by atoms with Crippen molar-refractivity contribution in [1.82, 2.24) is 10.6 Å². The van der Waals surface area contributed by atoms with E-state index in [2.05, 4.69) is 28.8 Å². The second-order valence-electron chi connectivity index (χ2n) is 6.58. The first-order valence-corrected chi connectivity index (χ1v) is 8.59. The van der Waals surface area contributed by atoms with Gasteiger partial charge in [0.05, 0.1) is 6.04 Å². The predicted molar refractivity (Wildman–Crippen MR) is 89.7 cm³/mol. The van der Waals surface area contributed by atoms with Crippen LogP contribution in [0, 0.1) is 0 Å². The Morgan fingerprint density at radius 1 is 1.05 bits per heavy atom. The van der Waals surface area contributed by atoms with Crippen LogP contribution in [0.25, 0.3) is 0 Å². The molecule has 3 rings (SSSR count). The maximum Gasteiger partial charge on any atom is 0.319 e. The van der Waals surface area contributed by atoms with Crippen LogP contribution in [-0.4, -0.2) is 6.03 Å². The molecule has 0 radical (unpaired) electrons. The molecular weight excluding hydrogens is 272 g/mol. The Hall–Kier alpha value is -1.77. The highest BCUT2D eigenvalue weighted by atomic mass is 16.2. The molecule has 1 aromatic rings. The van der Waals surface area contributed by atoms with Gasteiger partial charge in [0.1, 0.15) is 0 Å². The van der Waals surface area contributed by atoms with Crippen LogP contribution < -0.4 is 10.6 Å². The number of rotatable bonds is 3. The Morgan fingerprint density at radius 2 is 1.73 bits per heavy atom. The summed E-state index contributed by atoms with van der Waals surface area (Å²) >= 11 is 0. The van der Waals surface area contributed by atoms with Crippen molar-refractivity contribution in [3.8, 4) is 0 Å². The number of amides is 2. The van der Waals surface area contributed by atoms with E-state index in [1.54, 1.807) is 0 Å². The second-order valence-corrected chi connectivity index (χ2v) is 6.58. The zero-order valence-electron chi connectivity index (χ0n) is 13.5. The van der Waals surface area contributed by atoms with Crippen LogP contribution in [0.1, 0.15) is 68.2 Å². The monoisotopic (exact) mass is 298 g/mol. The van der Waals surface area contributed by atoms with Gasteiger partial charge < -0.3 is 10.6 Å².